The van der Waals surface area contributed by atoms with Crippen molar-refractivity contribution in [2.24, 2.45) is 14.1 Å². The molecular weight excluding hydrogens is 226 g/mol. The minimum atomic E-state index is 0.845. The standard InChI is InChI=1S/C13H21N5/c1-5-13-12(9-18(4)16-13)7-14-6-11-8-17(3)15-10(11)2/h8-9,14H,5-7H2,1-4H3. The predicted molar refractivity (Wildman–Crippen MR) is 71.1 cm³/mol. The Bertz CT molecular complexity index is 523. The molecule has 0 atom stereocenters. The molecule has 0 spiro atoms. The van der Waals surface area contributed by atoms with Crippen molar-refractivity contribution in [3.63, 3.8) is 0 Å². The first-order valence-corrected chi connectivity index (χ1v) is 6.31. The Morgan fingerprint density at radius 3 is 2.28 bits per heavy atom. The summed E-state index contributed by atoms with van der Waals surface area (Å²) in [6.45, 7) is 5.87. The Hall–Kier alpha value is -1.62. The van der Waals surface area contributed by atoms with Gasteiger partial charge in [0.05, 0.1) is 11.4 Å². The molecule has 2 rings (SSSR count). The van der Waals surface area contributed by atoms with E-state index in [0.29, 0.717) is 0 Å². The van der Waals surface area contributed by atoms with Crippen LogP contribution >= 0.6 is 0 Å². The molecule has 0 saturated heterocycles. The third kappa shape index (κ3) is 2.79. The van der Waals surface area contributed by atoms with Crippen LogP contribution in [0.1, 0.15) is 29.4 Å². The minimum Gasteiger partial charge on any atom is -0.308 e. The topological polar surface area (TPSA) is 47.7 Å². The molecule has 0 fully saturated rings. The molecule has 2 aromatic heterocycles. The van der Waals surface area contributed by atoms with E-state index in [2.05, 4.69) is 34.8 Å². The van der Waals surface area contributed by atoms with Gasteiger partial charge in [-0.25, -0.2) is 0 Å². The fourth-order valence-corrected chi connectivity index (χ4v) is 2.18. The van der Waals surface area contributed by atoms with Gasteiger partial charge in [0.2, 0.25) is 0 Å². The maximum Gasteiger partial charge on any atom is 0.0666 e. The molecule has 18 heavy (non-hydrogen) atoms. The molecule has 0 aliphatic carbocycles. The SMILES string of the molecule is CCc1nn(C)cc1CNCc1cn(C)nc1C. The van der Waals surface area contributed by atoms with Crippen molar-refractivity contribution >= 4 is 0 Å². The normalized spacial score (nSPS) is 11.1. The molecule has 5 heteroatoms. The molecule has 2 heterocycles. The van der Waals surface area contributed by atoms with E-state index in [4.69, 9.17) is 0 Å². The number of aryl methyl sites for hydroxylation is 4. The molecule has 0 unspecified atom stereocenters. The number of hydrogen-bond donors (Lipinski definition) is 1. The monoisotopic (exact) mass is 247 g/mol. The van der Waals surface area contributed by atoms with Gasteiger partial charge in [-0.3, -0.25) is 9.36 Å². The summed E-state index contributed by atoms with van der Waals surface area (Å²) in [5.74, 6) is 0. The van der Waals surface area contributed by atoms with Crippen LogP contribution in [0.4, 0.5) is 0 Å². The van der Waals surface area contributed by atoms with Gasteiger partial charge in [0, 0.05) is 50.7 Å². The van der Waals surface area contributed by atoms with Crippen LogP contribution in [0.2, 0.25) is 0 Å². The average molecular weight is 247 g/mol. The van der Waals surface area contributed by atoms with Crippen molar-refractivity contribution in [2.45, 2.75) is 33.4 Å². The van der Waals surface area contributed by atoms with E-state index in [1.54, 1.807) is 0 Å². The van der Waals surface area contributed by atoms with E-state index in [1.807, 2.05) is 30.4 Å². The molecule has 0 aliphatic heterocycles. The Morgan fingerprint density at radius 1 is 1.06 bits per heavy atom. The van der Waals surface area contributed by atoms with Crippen LogP contribution in [-0.2, 0) is 33.6 Å². The lowest BCUT2D eigenvalue weighted by atomic mass is 10.2. The first-order chi connectivity index (χ1) is 8.60. The lowest BCUT2D eigenvalue weighted by Crippen LogP contribution is -2.13. The highest BCUT2D eigenvalue weighted by atomic mass is 15.3. The van der Waals surface area contributed by atoms with Crippen LogP contribution in [0.5, 0.6) is 0 Å². The summed E-state index contributed by atoms with van der Waals surface area (Å²) in [5, 5.41) is 12.2. The Kier molecular flexibility index (Phi) is 3.81. The third-order valence-electron chi connectivity index (χ3n) is 3.07. The summed E-state index contributed by atoms with van der Waals surface area (Å²) in [7, 11) is 3.92. The van der Waals surface area contributed by atoms with Gasteiger partial charge < -0.3 is 5.32 Å². The summed E-state index contributed by atoms with van der Waals surface area (Å²) >= 11 is 0. The summed E-state index contributed by atoms with van der Waals surface area (Å²) in [6.07, 6.45) is 5.12. The average Bonchev–Trinajstić information content (AvgIpc) is 2.82. The van der Waals surface area contributed by atoms with Gasteiger partial charge in [-0.1, -0.05) is 6.92 Å². The number of rotatable bonds is 5. The molecule has 0 saturated carbocycles. The van der Waals surface area contributed by atoms with Crippen molar-refractivity contribution in [1.29, 1.82) is 0 Å². The summed E-state index contributed by atoms with van der Waals surface area (Å²) < 4.78 is 3.74. The molecule has 1 N–H and O–H groups in total. The molecule has 0 aromatic carbocycles. The van der Waals surface area contributed by atoms with Gasteiger partial charge in [0.25, 0.3) is 0 Å². The minimum absolute atomic E-state index is 0.845. The van der Waals surface area contributed by atoms with E-state index < -0.39 is 0 Å². The molecule has 98 valence electrons. The molecule has 0 radical (unpaired) electrons. The van der Waals surface area contributed by atoms with Crippen LogP contribution in [0.25, 0.3) is 0 Å². The Balaban J connectivity index is 1.94. The largest absolute Gasteiger partial charge is 0.308 e. The number of nitrogens with zero attached hydrogens (tertiary/aromatic N) is 4. The molecule has 0 amide bonds. The van der Waals surface area contributed by atoms with Crippen molar-refractivity contribution < 1.29 is 0 Å². The maximum absolute atomic E-state index is 4.44. The highest BCUT2D eigenvalue weighted by Gasteiger charge is 2.06. The van der Waals surface area contributed by atoms with Crippen LogP contribution in [-0.4, -0.2) is 19.6 Å². The first-order valence-electron chi connectivity index (χ1n) is 6.31. The fraction of sp³-hybridized carbons (Fsp3) is 0.538. The second kappa shape index (κ2) is 5.35. The zero-order valence-corrected chi connectivity index (χ0v) is 11.6. The quantitative estimate of drug-likeness (QED) is 0.866. The predicted octanol–water partition coefficient (Wildman–Crippen LogP) is 1.31. The second-order valence-corrected chi connectivity index (χ2v) is 4.65. The number of hydrogen-bond acceptors (Lipinski definition) is 3. The molecule has 0 aliphatic rings. The fourth-order valence-electron chi connectivity index (χ4n) is 2.18. The van der Waals surface area contributed by atoms with Gasteiger partial charge in [0.1, 0.15) is 0 Å². The highest BCUT2D eigenvalue weighted by molar-refractivity contribution is 5.18. The zero-order chi connectivity index (χ0) is 13.1. The van der Waals surface area contributed by atoms with Crippen LogP contribution < -0.4 is 5.32 Å². The van der Waals surface area contributed by atoms with Crippen LogP contribution in [0.15, 0.2) is 12.4 Å². The lowest BCUT2D eigenvalue weighted by molar-refractivity contribution is 0.685. The zero-order valence-electron chi connectivity index (χ0n) is 11.6. The lowest BCUT2D eigenvalue weighted by Gasteiger charge is -2.03. The van der Waals surface area contributed by atoms with Crippen molar-refractivity contribution in [2.75, 3.05) is 0 Å². The molecule has 0 bridgehead atoms. The smallest absolute Gasteiger partial charge is 0.0666 e. The van der Waals surface area contributed by atoms with E-state index in [1.165, 1.54) is 16.8 Å². The van der Waals surface area contributed by atoms with E-state index in [9.17, 15) is 0 Å². The van der Waals surface area contributed by atoms with Crippen molar-refractivity contribution in [3.8, 4) is 0 Å². The van der Waals surface area contributed by atoms with E-state index in [-0.39, 0.29) is 0 Å². The highest BCUT2D eigenvalue weighted by Crippen LogP contribution is 2.08. The Labute approximate surface area is 108 Å². The van der Waals surface area contributed by atoms with E-state index >= 15 is 0 Å². The second-order valence-electron chi connectivity index (χ2n) is 4.65. The van der Waals surface area contributed by atoms with Gasteiger partial charge in [-0.05, 0) is 13.3 Å². The molecular formula is C13H21N5. The van der Waals surface area contributed by atoms with E-state index in [0.717, 1.165) is 25.2 Å². The number of nitrogens with one attached hydrogen (secondary N) is 1. The summed E-state index contributed by atoms with van der Waals surface area (Å²) in [4.78, 5) is 0. The van der Waals surface area contributed by atoms with Gasteiger partial charge in [0.15, 0.2) is 0 Å². The number of aromatic nitrogens is 4. The van der Waals surface area contributed by atoms with Gasteiger partial charge in [-0.15, -0.1) is 0 Å². The van der Waals surface area contributed by atoms with Gasteiger partial charge in [-0.2, -0.15) is 10.2 Å². The van der Waals surface area contributed by atoms with Gasteiger partial charge >= 0.3 is 0 Å². The summed E-state index contributed by atoms with van der Waals surface area (Å²) in [5.41, 5.74) is 4.79. The van der Waals surface area contributed by atoms with Crippen LogP contribution in [0.3, 0.4) is 0 Å². The van der Waals surface area contributed by atoms with Crippen molar-refractivity contribution in [3.05, 3.63) is 34.9 Å². The third-order valence-corrected chi connectivity index (χ3v) is 3.07. The molecule has 2 aromatic rings. The maximum atomic E-state index is 4.44. The first kappa shape index (κ1) is 12.8. The Morgan fingerprint density at radius 2 is 1.67 bits per heavy atom. The van der Waals surface area contributed by atoms with Crippen molar-refractivity contribution in [1.82, 2.24) is 24.9 Å². The van der Waals surface area contributed by atoms with Crippen LogP contribution in [0, 0.1) is 6.92 Å². The molecule has 5 nitrogen and oxygen atoms in total. The summed E-state index contributed by atoms with van der Waals surface area (Å²) in [6, 6.07) is 0.